The minimum Gasteiger partial charge on any atom is -0.473 e. The van der Waals surface area contributed by atoms with Crippen molar-refractivity contribution in [2.45, 2.75) is 95.2 Å². The van der Waals surface area contributed by atoms with Crippen molar-refractivity contribution in [1.29, 1.82) is 0 Å². The highest BCUT2D eigenvalue weighted by molar-refractivity contribution is 5.96. The molecule has 5 rings (SSSR count). The third-order valence-electron chi connectivity index (χ3n) is 10.1. The average molecular weight is 692 g/mol. The van der Waals surface area contributed by atoms with E-state index in [2.05, 4.69) is 20.9 Å². The molecule has 3 heterocycles. The predicted molar refractivity (Wildman–Crippen MR) is 184 cm³/mol. The lowest BCUT2D eigenvalue weighted by Crippen LogP contribution is -2.61. The van der Waals surface area contributed by atoms with Crippen LogP contribution in [0.15, 0.2) is 72.9 Å². The fraction of sp³-hybridized carbons (Fsp3) is 0.474. The molecule has 0 spiro atoms. The Hall–Kier alpha value is -4.42. The third kappa shape index (κ3) is 8.83. The Kier molecular flexibility index (Phi) is 12.2. The highest BCUT2D eigenvalue weighted by Crippen LogP contribution is 2.35. The average Bonchev–Trinajstić information content (AvgIpc) is 3.68. The first-order valence-corrected chi connectivity index (χ1v) is 17.4. The smallest absolute Gasteiger partial charge is 0.249 e. The molecular formula is C38H47F2N5O5. The summed E-state index contributed by atoms with van der Waals surface area (Å²) >= 11 is 0. The van der Waals surface area contributed by atoms with Crippen LogP contribution in [0.25, 0.3) is 0 Å². The number of carbonyl (C=O) groups excluding carboxylic acids is 3. The van der Waals surface area contributed by atoms with E-state index < -0.39 is 47.3 Å². The number of ether oxygens (including phenoxy) is 1. The summed E-state index contributed by atoms with van der Waals surface area (Å²) in [4.78, 5) is 46.8. The molecule has 0 aliphatic carbocycles. The van der Waals surface area contributed by atoms with Crippen molar-refractivity contribution in [3.05, 3.63) is 95.7 Å². The van der Waals surface area contributed by atoms with Gasteiger partial charge in [-0.1, -0.05) is 56.7 Å². The number of hydrogen-bond donors (Lipinski definition) is 4. The lowest BCUT2D eigenvalue weighted by Gasteiger charge is -2.36. The maximum atomic E-state index is 14.4. The molecule has 10 nitrogen and oxygen atoms in total. The molecule has 3 amide bonds. The summed E-state index contributed by atoms with van der Waals surface area (Å²) in [6, 6.07) is 15.6. The van der Waals surface area contributed by atoms with Gasteiger partial charge in [-0.3, -0.25) is 14.4 Å². The summed E-state index contributed by atoms with van der Waals surface area (Å²) in [5.41, 5.74) is 0.0823. The van der Waals surface area contributed by atoms with Gasteiger partial charge in [0.05, 0.1) is 12.1 Å². The fourth-order valence-electron chi connectivity index (χ4n) is 7.26. The normalized spacial score (nSPS) is 22.8. The number of aromatic nitrogens is 1. The molecule has 7 atom stereocenters. The summed E-state index contributed by atoms with van der Waals surface area (Å²) in [5, 5.41) is 20.9. The van der Waals surface area contributed by atoms with E-state index in [4.69, 9.17) is 4.74 Å². The van der Waals surface area contributed by atoms with Gasteiger partial charge in [-0.25, -0.2) is 13.8 Å². The molecule has 2 fully saturated rings. The molecule has 2 aliphatic heterocycles. The molecule has 0 saturated carbocycles. The van der Waals surface area contributed by atoms with Gasteiger partial charge in [-0.15, -0.1) is 0 Å². The number of halogens is 2. The van der Waals surface area contributed by atoms with E-state index in [1.807, 2.05) is 50.2 Å². The molecule has 2 saturated heterocycles. The van der Waals surface area contributed by atoms with Gasteiger partial charge in [0.2, 0.25) is 23.6 Å². The van der Waals surface area contributed by atoms with Crippen LogP contribution in [0.5, 0.6) is 5.88 Å². The zero-order valence-electron chi connectivity index (χ0n) is 28.8. The summed E-state index contributed by atoms with van der Waals surface area (Å²) in [6.07, 6.45) is 2.17. The van der Waals surface area contributed by atoms with E-state index in [0.29, 0.717) is 38.1 Å². The van der Waals surface area contributed by atoms with Gasteiger partial charge in [-0.05, 0) is 60.9 Å². The second kappa shape index (κ2) is 16.5. The number of nitrogens with one attached hydrogen (secondary N) is 3. The first-order valence-electron chi connectivity index (χ1n) is 17.4. The van der Waals surface area contributed by atoms with Gasteiger partial charge in [0, 0.05) is 50.8 Å². The van der Waals surface area contributed by atoms with E-state index in [1.165, 1.54) is 24.0 Å². The molecule has 2 aromatic carbocycles. The molecule has 4 N–H and O–H groups in total. The van der Waals surface area contributed by atoms with Crippen molar-refractivity contribution in [3.8, 4) is 5.88 Å². The molecule has 0 radical (unpaired) electrons. The third-order valence-corrected chi connectivity index (χ3v) is 10.1. The second-order valence-electron chi connectivity index (χ2n) is 13.5. The summed E-state index contributed by atoms with van der Waals surface area (Å²) < 4.78 is 34.6. The maximum Gasteiger partial charge on any atom is 0.249 e. The largest absolute Gasteiger partial charge is 0.473 e. The summed E-state index contributed by atoms with van der Waals surface area (Å²) in [5.74, 6) is -2.45. The number of hydrogen-bond acceptors (Lipinski definition) is 7. The SMILES string of the molecule is CCC(C)[C@@]1(NC(C)=O)CCN([C@@H](CCc2ccccc2)C(=O)N[C@@H](Cc2cc(F)cc(F)c2)[C@H](O)[C@H]2C[C@@H](Oc3ccccn3)CN2)C1=O. The Morgan fingerprint density at radius 3 is 2.48 bits per heavy atom. The first kappa shape index (κ1) is 36.9. The van der Waals surface area contributed by atoms with Crippen LogP contribution in [0.2, 0.25) is 0 Å². The van der Waals surface area contributed by atoms with Crippen LogP contribution in [0.1, 0.15) is 57.6 Å². The number of pyridine rings is 1. The predicted octanol–water partition coefficient (Wildman–Crippen LogP) is 3.71. The van der Waals surface area contributed by atoms with Crippen molar-refractivity contribution >= 4 is 17.7 Å². The highest BCUT2D eigenvalue weighted by atomic mass is 19.1. The van der Waals surface area contributed by atoms with Crippen LogP contribution >= 0.6 is 0 Å². The topological polar surface area (TPSA) is 133 Å². The Morgan fingerprint density at radius 1 is 1.10 bits per heavy atom. The monoisotopic (exact) mass is 691 g/mol. The molecule has 0 bridgehead atoms. The van der Waals surface area contributed by atoms with Gasteiger partial charge in [-0.2, -0.15) is 0 Å². The number of aliphatic hydroxyl groups excluding tert-OH is 1. The van der Waals surface area contributed by atoms with Crippen molar-refractivity contribution in [2.24, 2.45) is 5.92 Å². The Balaban J connectivity index is 1.41. The van der Waals surface area contributed by atoms with Gasteiger partial charge in [0.1, 0.15) is 29.3 Å². The van der Waals surface area contributed by atoms with E-state index >= 15 is 0 Å². The highest BCUT2D eigenvalue weighted by Gasteiger charge is 2.53. The molecule has 2 aliphatic rings. The van der Waals surface area contributed by atoms with Crippen molar-refractivity contribution in [1.82, 2.24) is 25.8 Å². The van der Waals surface area contributed by atoms with Crippen LogP contribution in [-0.2, 0) is 27.2 Å². The van der Waals surface area contributed by atoms with Crippen molar-refractivity contribution < 1.29 is 33.0 Å². The number of aliphatic hydroxyl groups is 1. The lowest BCUT2D eigenvalue weighted by molar-refractivity contribution is -0.144. The number of nitrogens with zero attached hydrogens (tertiary/aromatic N) is 2. The van der Waals surface area contributed by atoms with E-state index in [-0.39, 0.29) is 48.8 Å². The molecule has 3 aromatic rings. The molecule has 12 heteroatoms. The van der Waals surface area contributed by atoms with Gasteiger partial charge in [0.15, 0.2) is 0 Å². The molecule has 1 aromatic heterocycles. The Bertz CT molecular complexity index is 1600. The lowest BCUT2D eigenvalue weighted by atomic mass is 9.81. The van der Waals surface area contributed by atoms with Crippen LogP contribution < -0.4 is 20.7 Å². The number of rotatable bonds is 15. The molecule has 1 unspecified atom stereocenters. The van der Waals surface area contributed by atoms with Crippen LogP contribution in [0.3, 0.4) is 0 Å². The zero-order valence-corrected chi connectivity index (χ0v) is 28.8. The first-order chi connectivity index (χ1) is 24.0. The minimum atomic E-state index is -1.19. The number of carbonyl (C=O) groups is 3. The minimum absolute atomic E-state index is 0.0758. The standard InChI is InChI=1S/C38H47F2N5O5/c1-4-24(2)38(44-25(3)46)15-17-45(37(38)49)33(14-13-26-10-6-5-7-11-26)36(48)43-32(20-27-18-28(39)21-29(40)19-27)35(47)31-22-30(23-42-31)50-34-12-8-9-16-41-34/h5-12,16,18-19,21,24,30-33,35,42,47H,4,13-15,17,20,22-23H2,1-3H3,(H,43,48)(H,44,46)/t24?,30-,31-,32+,33+,35-,38+/m1/s1. The molecular weight excluding hydrogens is 644 g/mol. The van der Waals surface area contributed by atoms with Crippen LogP contribution in [-0.4, -0.2) is 81.7 Å². The quantitative estimate of drug-likeness (QED) is 0.191. The van der Waals surface area contributed by atoms with E-state index in [9.17, 15) is 28.3 Å². The number of benzene rings is 2. The van der Waals surface area contributed by atoms with Gasteiger partial charge >= 0.3 is 0 Å². The number of likely N-dealkylation sites (tertiary alicyclic amines) is 1. The van der Waals surface area contributed by atoms with E-state index in [1.54, 1.807) is 18.3 Å². The molecule has 50 heavy (non-hydrogen) atoms. The number of aryl methyl sites for hydroxylation is 1. The van der Waals surface area contributed by atoms with Crippen molar-refractivity contribution in [2.75, 3.05) is 13.1 Å². The van der Waals surface area contributed by atoms with Gasteiger partial charge in [0.25, 0.3) is 0 Å². The summed E-state index contributed by atoms with van der Waals surface area (Å²) in [6.45, 7) is 5.91. The van der Waals surface area contributed by atoms with E-state index in [0.717, 1.165) is 11.6 Å². The Labute approximate surface area is 292 Å². The number of amides is 3. The second-order valence-corrected chi connectivity index (χ2v) is 13.5. The van der Waals surface area contributed by atoms with Crippen LogP contribution in [0.4, 0.5) is 8.78 Å². The van der Waals surface area contributed by atoms with Crippen LogP contribution in [0, 0.1) is 17.6 Å². The maximum absolute atomic E-state index is 14.4. The zero-order chi connectivity index (χ0) is 35.8. The summed E-state index contributed by atoms with van der Waals surface area (Å²) in [7, 11) is 0. The molecule has 268 valence electrons. The fourth-order valence-corrected chi connectivity index (χ4v) is 7.26. The van der Waals surface area contributed by atoms with Crippen molar-refractivity contribution in [3.63, 3.8) is 0 Å². The Morgan fingerprint density at radius 2 is 1.82 bits per heavy atom. The van der Waals surface area contributed by atoms with Gasteiger partial charge < -0.3 is 30.7 Å².